The van der Waals surface area contributed by atoms with Gasteiger partial charge in [-0.05, 0) is 0 Å². The van der Waals surface area contributed by atoms with Gasteiger partial charge in [-0.15, -0.1) is 0 Å². The third kappa shape index (κ3) is 8.93. The second kappa shape index (κ2) is 12.4. The first-order chi connectivity index (χ1) is 12.2. The van der Waals surface area contributed by atoms with Crippen LogP contribution in [0.3, 0.4) is 0 Å². The van der Waals surface area contributed by atoms with Crippen LogP contribution >= 0.6 is 0 Å². The molecular formula is C17H29NO8. The number of nitrogens with zero attached hydrogens (tertiary/aromatic N) is 1. The van der Waals surface area contributed by atoms with Gasteiger partial charge in [0.15, 0.2) is 0 Å². The van der Waals surface area contributed by atoms with Crippen LogP contribution in [0, 0.1) is 5.41 Å². The summed E-state index contributed by atoms with van der Waals surface area (Å²) in [4.78, 5) is 36.5. The number of methoxy groups -OCH3 is 3. The van der Waals surface area contributed by atoms with E-state index in [1.807, 2.05) is 0 Å². The summed E-state index contributed by atoms with van der Waals surface area (Å²) in [6, 6.07) is 0. The Morgan fingerprint density at radius 2 is 1.50 bits per heavy atom. The molecule has 1 N–H and O–H groups in total. The number of carbonyl (C=O) groups is 3. The van der Waals surface area contributed by atoms with Crippen LogP contribution < -0.4 is 0 Å². The molecule has 0 aliphatic carbocycles. The maximum atomic E-state index is 12.5. The molecule has 9 nitrogen and oxygen atoms in total. The molecule has 0 saturated heterocycles. The van der Waals surface area contributed by atoms with Crippen LogP contribution in [0.1, 0.15) is 13.8 Å². The molecule has 0 aliphatic rings. The number of aliphatic hydroxyl groups excluding tert-OH is 1. The van der Waals surface area contributed by atoms with Crippen LogP contribution in [0.5, 0.6) is 0 Å². The van der Waals surface area contributed by atoms with Gasteiger partial charge in [-0.25, -0.2) is 9.59 Å². The second-order valence-corrected chi connectivity index (χ2v) is 6.17. The Labute approximate surface area is 153 Å². The van der Waals surface area contributed by atoms with Crippen molar-refractivity contribution in [3.05, 3.63) is 12.2 Å². The van der Waals surface area contributed by atoms with Crippen molar-refractivity contribution in [1.29, 1.82) is 0 Å². The number of hydrogen-bond donors (Lipinski definition) is 1. The van der Waals surface area contributed by atoms with Gasteiger partial charge in [-0.3, -0.25) is 4.79 Å². The maximum absolute atomic E-state index is 12.5. The summed E-state index contributed by atoms with van der Waals surface area (Å²) in [5.41, 5.74) is -1.04. The monoisotopic (exact) mass is 375 g/mol. The van der Waals surface area contributed by atoms with Crippen molar-refractivity contribution in [2.75, 3.05) is 54.2 Å². The number of ether oxygens (including phenoxy) is 4. The van der Waals surface area contributed by atoms with Crippen molar-refractivity contribution in [3.63, 3.8) is 0 Å². The quantitative estimate of drug-likeness (QED) is 0.368. The number of carbonyl (C=O) groups excluding carboxylic acids is 3. The highest BCUT2D eigenvalue weighted by Crippen LogP contribution is 2.23. The lowest BCUT2D eigenvalue weighted by Crippen LogP contribution is -2.49. The smallest absolute Gasteiger partial charge is 0.331 e. The van der Waals surface area contributed by atoms with Crippen molar-refractivity contribution < 1.29 is 38.4 Å². The van der Waals surface area contributed by atoms with Gasteiger partial charge in [0.2, 0.25) is 0 Å². The van der Waals surface area contributed by atoms with E-state index in [-0.39, 0.29) is 6.61 Å². The Bertz CT molecular complexity index is 481. The zero-order valence-corrected chi connectivity index (χ0v) is 16.0. The largest absolute Gasteiger partial charge is 0.466 e. The highest BCUT2D eigenvalue weighted by Gasteiger charge is 2.37. The summed E-state index contributed by atoms with van der Waals surface area (Å²) in [6.45, 7) is 4.20. The van der Waals surface area contributed by atoms with Crippen molar-refractivity contribution in [2.45, 2.75) is 20.0 Å². The Hall–Kier alpha value is -1.97. The summed E-state index contributed by atoms with van der Waals surface area (Å²) in [6.07, 6.45) is 0.446. The Balaban J connectivity index is 4.80. The summed E-state index contributed by atoms with van der Waals surface area (Å²) in [5.74, 6) is -1.98. The number of aliphatic hydroxyl groups is 1. The molecule has 0 unspecified atom stereocenters. The van der Waals surface area contributed by atoms with Crippen LogP contribution in [0.2, 0.25) is 0 Å². The molecule has 9 heteroatoms. The molecule has 0 aromatic carbocycles. The molecule has 0 saturated carbocycles. The lowest BCUT2D eigenvalue weighted by Gasteiger charge is -2.33. The van der Waals surface area contributed by atoms with Gasteiger partial charge >= 0.3 is 11.9 Å². The Morgan fingerprint density at radius 1 is 1.00 bits per heavy atom. The molecule has 0 radical (unpaired) electrons. The van der Waals surface area contributed by atoms with Gasteiger partial charge in [0.1, 0.15) is 6.10 Å². The van der Waals surface area contributed by atoms with E-state index in [9.17, 15) is 19.5 Å². The predicted octanol–water partition coefficient (Wildman–Crippen LogP) is -0.233. The molecule has 1 atom stereocenters. The molecule has 150 valence electrons. The minimum atomic E-state index is -1.39. The van der Waals surface area contributed by atoms with E-state index in [1.54, 1.807) is 13.8 Å². The minimum Gasteiger partial charge on any atom is -0.466 e. The Morgan fingerprint density at radius 3 is 1.96 bits per heavy atom. The molecule has 0 rings (SSSR count). The first-order valence-corrected chi connectivity index (χ1v) is 8.07. The highest BCUT2D eigenvalue weighted by molar-refractivity contribution is 5.91. The molecule has 0 aromatic heterocycles. The predicted molar refractivity (Wildman–Crippen MR) is 92.2 cm³/mol. The number of amides is 1. The minimum absolute atomic E-state index is 0.216. The van der Waals surface area contributed by atoms with Crippen LogP contribution in [0.4, 0.5) is 0 Å². The maximum Gasteiger partial charge on any atom is 0.331 e. The number of hydrogen-bond acceptors (Lipinski definition) is 8. The third-order valence-corrected chi connectivity index (χ3v) is 3.56. The van der Waals surface area contributed by atoms with Crippen LogP contribution in [-0.4, -0.2) is 88.2 Å². The molecule has 26 heavy (non-hydrogen) atoms. The van der Waals surface area contributed by atoms with E-state index in [0.29, 0.717) is 26.3 Å². The van der Waals surface area contributed by atoms with Crippen molar-refractivity contribution in [3.8, 4) is 0 Å². The van der Waals surface area contributed by atoms with Crippen LogP contribution in [0.15, 0.2) is 12.2 Å². The lowest BCUT2D eigenvalue weighted by atomic mass is 9.86. The van der Waals surface area contributed by atoms with Gasteiger partial charge in [0.05, 0.1) is 26.9 Å². The number of esters is 2. The van der Waals surface area contributed by atoms with Gasteiger partial charge in [-0.2, -0.15) is 0 Å². The number of rotatable bonds is 12. The SMILES string of the molecule is COCCN(CCOC)C(=O)[C@@H](O)C(C)(C)COC(=O)/C=C/C(=O)OC. The van der Waals surface area contributed by atoms with Crippen molar-refractivity contribution in [1.82, 2.24) is 4.90 Å². The van der Waals surface area contributed by atoms with E-state index in [1.165, 1.54) is 26.2 Å². The Kier molecular flexibility index (Phi) is 11.5. The van der Waals surface area contributed by atoms with E-state index >= 15 is 0 Å². The molecule has 0 bridgehead atoms. The fourth-order valence-electron chi connectivity index (χ4n) is 1.83. The zero-order chi connectivity index (χ0) is 20.2. The van der Waals surface area contributed by atoms with E-state index < -0.39 is 29.4 Å². The average molecular weight is 375 g/mol. The van der Waals surface area contributed by atoms with Gasteiger partial charge in [0, 0.05) is 44.9 Å². The first kappa shape index (κ1) is 24.0. The summed E-state index contributed by atoms with van der Waals surface area (Å²) in [7, 11) is 4.21. The van der Waals surface area contributed by atoms with Crippen molar-refractivity contribution >= 4 is 17.8 Å². The summed E-state index contributed by atoms with van der Waals surface area (Å²) >= 11 is 0. The standard InChI is InChI=1S/C17H29NO8/c1-17(2,12-26-14(20)7-6-13(19)25-5)15(21)16(22)18(8-10-23-3)9-11-24-4/h6-7,15,21H,8-12H2,1-5H3/b7-6+/t15-/m1/s1. The van der Waals surface area contributed by atoms with Crippen molar-refractivity contribution in [2.24, 2.45) is 5.41 Å². The molecule has 0 aliphatic heterocycles. The van der Waals surface area contributed by atoms with Gasteiger partial charge < -0.3 is 29.0 Å². The van der Waals surface area contributed by atoms with Crippen LogP contribution in [0.25, 0.3) is 0 Å². The average Bonchev–Trinajstić information content (AvgIpc) is 2.63. The fourth-order valence-corrected chi connectivity index (χ4v) is 1.83. The van der Waals surface area contributed by atoms with Gasteiger partial charge in [0.25, 0.3) is 5.91 Å². The molecule has 0 spiro atoms. The van der Waals surface area contributed by atoms with E-state index in [2.05, 4.69) is 4.74 Å². The summed E-state index contributed by atoms with van der Waals surface area (Å²) in [5, 5.41) is 10.4. The topological polar surface area (TPSA) is 112 Å². The first-order valence-electron chi connectivity index (χ1n) is 8.07. The van der Waals surface area contributed by atoms with E-state index in [0.717, 1.165) is 12.2 Å². The lowest BCUT2D eigenvalue weighted by molar-refractivity contribution is -0.155. The molecular weight excluding hydrogens is 346 g/mol. The third-order valence-electron chi connectivity index (χ3n) is 3.56. The van der Waals surface area contributed by atoms with Crippen LogP contribution in [-0.2, 0) is 33.3 Å². The second-order valence-electron chi connectivity index (χ2n) is 6.17. The normalized spacial score (nSPS) is 12.7. The zero-order valence-electron chi connectivity index (χ0n) is 16.0. The van der Waals surface area contributed by atoms with E-state index in [4.69, 9.17) is 14.2 Å². The fraction of sp³-hybridized carbons (Fsp3) is 0.706. The highest BCUT2D eigenvalue weighted by atomic mass is 16.5. The molecule has 1 amide bonds. The molecule has 0 heterocycles. The van der Waals surface area contributed by atoms with Gasteiger partial charge in [-0.1, -0.05) is 13.8 Å². The summed E-state index contributed by atoms with van der Waals surface area (Å²) < 4.78 is 19.3. The molecule has 0 aromatic rings. The molecule has 0 fully saturated rings.